The lowest BCUT2D eigenvalue weighted by Crippen LogP contribution is -2.44. The van der Waals surface area contributed by atoms with E-state index in [9.17, 15) is 9.18 Å². The van der Waals surface area contributed by atoms with Crippen LogP contribution in [-0.4, -0.2) is 21.7 Å². The van der Waals surface area contributed by atoms with Crippen molar-refractivity contribution < 1.29 is 13.9 Å². The number of fused-ring (bicyclic) bond motifs is 1. The monoisotopic (exact) mass is 499 g/mol. The number of halogens is 1. The van der Waals surface area contributed by atoms with E-state index in [1.165, 1.54) is 17.7 Å². The number of primary amides is 1. The maximum Gasteiger partial charge on any atom is 0.405 e. The van der Waals surface area contributed by atoms with Crippen LogP contribution in [0.1, 0.15) is 45.1 Å². The molecule has 2 heterocycles. The Morgan fingerprint density at radius 3 is 2.35 bits per heavy atom. The minimum absolute atomic E-state index is 0.0680. The minimum atomic E-state index is -0.756. The zero-order valence-corrected chi connectivity index (χ0v) is 20.9. The van der Waals surface area contributed by atoms with Gasteiger partial charge >= 0.3 is 6.09 Å². The maximum absolute atomic E-state index is 13.7. The molecule has 0 radical (unpaired) electrons. The van der Waals surface area contributed by atoms with Crippen LogP contribution in [0.25, 0.3) is 33.3 Å². The zero-order chi connectivity index (χ0) is 26.2. The van der Waals surface area contributed by atoms with Gasteiger partial charge in [-0.15, -0.1) is 0 Å². The van der Waals surface area contributed by atoms with Crippen LogP contribution in [0.4, 0.5) is 15.0 Å². The zero-order valence-electron chi connectivity index (χ0n) is 20.9. The highest BCUT2D eigenvalue weighted by Crippen LogP contribution is 2.50. The molecule has 1 amide bonds. The molecule has 7 nitrogen and oxygen atoms in total. The first-order valence-electron chi connectivity index (χ1n) is 12.3. The molecular formula is C29H30FN5O2. The van der Waals surface area contributed by atoms with E-state index in [1.807, 2.05) is 26.0 Å². The molecule has 1 fully saturated rings. The fraction of sp³-hybridized carbons (Fsp3) is 0.276. The molecule has 0 atom stereocenters. The van der Waals surface area contributed by atoms with E-state index in [2.05, 4.69) is 34.7 Å². The number of nitrogens with zero attached hydrogens (tertiary/aromatic N) is 2. The van der Waals surface area contributed by atoms with E-state index in [4.69, 9.17) is 21.3 Å². The Kier molecular flexibility index (Phi) is 6.29. The van der Waals surface area contributed by atoms with Crippen LogP contribution in [0.2, 0.25) is 0 Å². The summed E-state index contributed by atoms with van der Waals surface area (Å²) in [5, 5.41) is 0.773. The van der Waals surface area contributed by atoms with E-state index < -0.39 is 11.7 Å². The van der Waals surface area contributed by atoms with Gasteiger partial charge in [-0.05, 0) is 73.9 Å². The van der Waals surface area contributed by atoms with Crippen LogP contribution in [0.15, 0.2) is 66.9 Å². The third kappa shape index (κ3) is 4.84. The fourth-order valence-electron chi connectivity index (χ4n) is 5.56. The molecule has 0 saturated heterocycles. The Bertz CT molecular complexity index is 1450. The number of nitrogens with two attached hydrogens (primary N) is 2. The van der Waals surface area contributed by atoms with Gasteiger partial charge in [-0.1, -0.05) is 42.8 Å². The van der Waals surface area contributed by atoms with Crippen molar-refractivity contribution in [1.29, 1.82) is 0 Å². The number of hydrogen-bond donors (Lipinski definition) is 3. The lowest BCUT2D eigenvalue weighted by atomic mass is 9.60. The Morgan fingerprint density at radius 2 is 1.76 bits per heavy atom. The number of hydrogen-bond acceptors (Lipinski definition) is 6. The number of rotatable bonds is 7. The number of anilines is 1. The quantitative estimate of drug-likeness (QED) is 0.210. The molecule has 0 spiro atoms. The number of nitrogens with one attached hydrogen (secondary N) is 1. The van der Waals surface area contributed by atoms with Gasteiger partial charge in [0, 0.05) is 22.7 Å². The first-order chi connectivity index (χ1) is 17.7. The summed E-state index contributed by atoms with van der Waals surface area (Å²) in [6, 6.07) is 18.6. The second-order valence-electron chi connectivity index (χ2n) is 10.3. The number of carbonyl (C=O) groups is 1. The van der Waals surface area contributed by atoms with E-state index in [0.717, 1.165) is 52.5 Å². The van der Waals surface area contributed by atoms with Crippen LogP contribution >= 0.6 is 0 Å². The number of ether oxygens (including phenoxy) is 1. The third-order valence-electron chi connectivity index (χ3n) is 7.26. The second-order valence-corrected chi connectivity index (χ2v) is 10.3. The predicted octanol–water partition coefficient (Wildman–Crippen LogP) is 6.07. The number of hydrazine groups is 1. The van der Waals surface area contributed by atoms with Crippen molar-refractivity contribution in [2.75, 3.05) is 5.43 Å². The van der Waals surface area contributed by atoms with Gasteiger partial charge in [0.25, 0.3) is 0 Å². The molecule has 1 aliphatic rings. The van der Waals surface area contributed by atoms with Gasteiger partial charge in [-0.25, -0.2) is 25.0 Å². The average molecular weight is 500 g/mol. The molecule has 37 heavy (non-hydrogen) atoms. The van der Waals surface area contributed by atoms with Crippen molar-refractivity contribution in [2.45, 2.75) is 50.5 Å². The molecule has 5 rings (SSSR count). The standard InChI is InChI=1S/C29H30FN5O2/c1-28(2,37-27(31)36)17-29(13-3-14-29)20-8-4-19(5-9-20)25-22(18-6-10-21(30)11-7-18)16-23-24(34-25)12-15-33-26(23)35-32/h4-12,15-16H,3,13-14,17,32H2,1-2H3,(H2,31,36)(H,33,35). The topological polar surface area (TPSA) is 116 Å². The SMILES string of the molecule is CC(C)(CC1(c2ccc(-c3nc4ccnc(NN)c4cc3-c3ccc(F)cc3)cc2)CCC1)OC(N)=O. The van der Waals surface area contributed by atoms with Gasteiger partial charge in [-0.3, -0.25) is 0 Å². The Hall–Kier alpha value is -4.04. The number of pyridine rings is 2. The van der Waals surface area contributed by atoms with E-state index in [-0.39, 0.29) is 11.2 Å². The molecular weight excluding hydrogens is 469 g/mol. The van der Waals surface area contributed by atoms with Gasteiger partial charge in [0.15, 0.2) is 0 Å². The molecule has 2 aromatic carbocycles. The number of amides is 1. The molecule has 0 unspecified atom stereocenters. The van der Waals surface area contributed by atoms with Crippen molar-refractivity contribution in [3.63, 3.8) is 0 Å². The summed E-state index contributed by atoms with van der Waals surface area (Å²) in [5.41, 5.74) is 12.5. The highest BCUT2D eigenvalue weighted by molar-refractivity contribution is 5.96. The Labute approximate surface area is 215 Å². The van der Waals surface area contributed by atoms with Crippen molar-refractivity contribution in [1.82, 2.24) is 9.97 Å². The summed E-state index contributed by atoms with van der Waals surface area (Å²) in [7, 11) is 0. The van der Waals surface area contributed by atoms with Crippen LogP contribution in [-0.2, 0) is 10.2 Å². The Morgan fingerprint density at radius 1 is 1.08 bits per heavy atom. The second kappa shape index (κ2) is 9.44. The van der Waals surface area contributed by atoms with Crippen LogP contribution in [0, 0.1) is 5.82 Å². The third-order valence-corrected chi connectivity index (χ3v) is 7.26. The summed E-state index contributed by atoms with van der Waals surface area (Å²) >= 11 is 0. The summed E-state index contributed by atoms with van der Waals surface area (Å²) in [5.74, 6) is 5.91. The highest BCUT2D eigenvalue weighted by Gasteiger charge is 2.44. The lowest BCUT2D eigenvalue weighted by Gasteiger charge is -2.46. The minimum Gasteiger partial charge on any atom is -0.444 e. The smallest absolute Gasteiger partial charge is 0.405 e. The normalized spacial score (nSPS) is 14.7. The molecule has 0 bridgehead atoms. The maximum atomic E-state index is 13.7. The molecule has 4 aromatic rings. The summed E-state index contributed by atoms with van der Waals surface area (Å²) in [6.45, 7) is 3.80. The number of carbonyl (C=O) groups excluding carboxylic acids is 1. The van der Waals surface area contributed by atoms with Crippen molar-refractivity contribution in [3.8, 4) is 22.4 Å². The fourth-order valence-corrected chi connectivity index (χ4v) is 5.56. The molecule has 8 heteroatoms. The van der Waals surface area contributed by atoms with Gasteiger partial charge in [0.05, 0.1) is 11.2 Å². The molecule has 5 N–H and O–H groups in total. The highest BCUT2D eigenvalue weighted by atomic mass is 19.1. The van der Waals surface area contributed by atoms with Gasteiger partial charge in [-0.2, -0.15) is 0 Å². The van der Waals surface area contributed by atoms with Gasteiger partial charge in [0.2, 0.25) is 0 Å². The average Bonchev–Trinajstić information content (AvgIpc) is 2.85. The first kappa shape index (κ1) is 24.6. The molecule has 2 aromatic heterocycles. The van der Waals surface area contributed by atoms with Gasteiger partial charge < -0.3 is 15.9 Å². The summed E-state index contributed by atoms with van der Waals surface area (Å²) in [4.78, 5) is 20.7. The predicted molar refractivity (Wildman–Crippen MR) is 143 cm³/mol. The summed E-state index contributed by atoms with van der Waals surface area (Å²) < 4.78 is 19.1. The van der Waals surface area contributed by atoms with Crippen LogP contribution < -0.4 is 17.0 Å². The lowest BCUT2D eigenvalue weighted by molar-refractivity contribution is 0.00510. The van der Waals surface area contributed by atoms with E-state index >= 15 is 0 Å². The van der Waals surface area contributed by atoms with E-state index in [1.54, 1.807) is 18.3 Å². The molecule has 1 aliphatic carbocycles. The van der Waals surface area contributed by atoms with Crippen LogP contribution in [0.5, 0.6) is 0 Å². The number of aromatic nitrogens is 2. The molecule has 190 valence electrons. The van der Waals surface area contributed by atoms with Crippen LogP contribution in [0.3, 0.4) is 0 Å². The first-order valence-corrected chi connectivity index (χ1v) is 12.3. The largest absolute Gasteiger partial charge is 0.444 e. The molecule has 0 aliphatic heterocycles. The van der Waals surface area contributed by atoms with Gasteiger partial charge in [0.1, 0.15) is 17.2 Å². The van der Waals surface area contributed by atoms with Crippen molar-refractivity contribution in [3.05, 3.63) is 78.2 Å². The Balaban J connectivity index is 1.57. The summed E-state index contributed by atoms with van der Waals surface area (Å²) in [6.07, 6.45) is 4.77. The number of nitrogen functional groups attached to an aromatic ring is 1. The van der Waals surface area contributed by atoms with Crippen molar-refractivity contribution >= 4 is 22.8 Å². The molecule has 1 saturated carbocycles. The van der Waals surface area contributed by atoms with Crippen molar-refractivity contribution in [2.24, 2.45) is 11.6 Å². The van der Waals surface area contributed by atoms with E-state index in [0.29, 0.717) is 12.2 Å². The number of benzene rings is 2.